The van der Waals surface area contributed by atoms with Crippen molar-refractivity contribution in [2.75, 3.05) is 20.3 Å². The zero-order valence-electron chi connectivity index (χ0n) is 10.8. The van der Waals surface area contributed by atoms with Gasteiger partial charge in [-0.05, 0) is 6.07 Å². The Hall–Kier alpha value is -2.01. The van der Waals surface area contributed by atoms with Gasteiger partial charge in [0.05, 0.1) is 36.4 Å². The molecule has 0 atom stereocenters. The molecule has 0 radical (unpaired) electrons. The van der Waals surface area contributed by atoms with E-state index in [1.54, 1.807) is 12.1 Å². The van der Waals surface area contributed by atoms with Crippen molar-refractivity contribution in [3.63, 3.8) is 0 Å². The average molecular weight is 294 g/mol. The molecule has 104 valence electrons. The molecule has 20 heavy (non-hydrogen) atoms. The van der Waals surface area contributed by atoms with Crippen molar-refractivity contribution in [3.05, 3.63) is 28.9 Å². The van der Waals surface area contributed by atoms with Crippen LogP contribution in [0.3, 0.4) is 0 Å². The predicted octanol–water partition coefficient (Wildman–Crippen LogP) is 2.84. The van der Waals surface area contributed by atoms with E-state index in [0.717, 1.165) is 6.42 Å². The van der Waals surface area contributed by atoms with Crippen LogP contribution in [0, 0.1) is 0 Å². The fourth-order valence-corrected chi connectivity index (χ4v) is 2.35. The summed E-state index contributed by atoms with van der Waals surface area (Å²) in [6, 6.07) is 3.51. The molecular formula is C14H12ClNO4. The van der Waals surface area contributed by atoms with Gasteiger partial charge in [-0.15, -0.1) is 0 Å². The molecule has 0 fully saturated rings. The Morgan fingerprint density at radius 2 is 2.00 bits per heavy atom. The lowest BCUT2D eigenvalue weighted by Crippen LogP contribution is -2.03. The Balaban J connectivity index is 2.19. The van der Waals surface area contributed by atoms with E-state index >= 15 is 0 Å². The second-order valence-electron chi connectivity index (χ2n) is 4.34. The van der Waals surface area contributed by atoms with Crippen molar-refractivity contribution in [1.82, 2.24) is 4.98 Å². The summed E-state index contributed by atoms with van der Waals surface area (Å²) in [4.78, 5) is 15.8. The van der Waals surface area contributed by atoms with Crippen LogP contribution >= 0.6 is 11.6 Å². The lowest BCUT2D eigenvalue weighted by molar-refractivity contribution is 0.0600. The molecule has 0 N–H and O–H groups in total. The summed E-state index contributed by atoms with van der Waals surface area (Å²) in [7, 11) is 1.30. The van der Waals surface area contributed by atoms with Crippen molar-refractivity contribution in [1.29, 1.82) is 0 Å². The molecule has 2 aromatic rings. The van der Waals surface area contributed by atoms with E-state index in [0.29, 0.717) is 40.6 Å². The zero-order valence-corrected chi connectivity index (χ0v) is 11.6. The second-order valence-corrected chi connectivity index (χ2v) is 4.72. The number of ether oxygens (including phenoxy) is 3. The number of hydrogen-bond donors (Lipinski definition) is 0. The minimum absolute atomic E-state index is 0.233. The van der Waals surface area contributed by atoms with Crippen LogP contribution in [0.5, 0.6) is 11.5 Å². The van der Waals surface area contributed by atoms with Gasteiger partial charge in [-0.1, -0.05) is 11.6 Å². The summed E-state index contributed by atoms with van der Waals surface area (Å²) in [6.45, 7) is 1.19. The maximum atomic E-state index is 11.6. The molecule has 1 aromatic carbocycles. The second kappa shape index (κ2) is 5.17. The minimum atomic E-state index is -0.517. The van der Waals surface area contributed by atoms with E-state index < -0.39 is 5.97 Å². The van der Waals surface area contributed by atoms with Gasteiger partial charge in [0.15, 0.2) is 11.5 Å². The highest BCUT2D eigenvalue weighted by molar-refractivity contribution is 6.38. The number of fused-ring (bicyclic) bond motifs is 2. The topological polar surface area (TPSA) is 57.7 Å². The fourth-order valence-electron chi connectivity index (χ4n) is 2.07. The largest absolute Gasteiger partial charge is 0.490 e. The highest BCUT2D eigenvalue weighted by Crippen LogP contribution is 2.37. The number of esters is 1. The molecule has 1 aliphatic heterocycles. The molecule has 3 rings (SSSR count). The first-order chi connectivity index (χ1) is 9.70. The molecule has 0 spiro atoms. The number of nitrogens with zero attached hydrogens (tertiary/aromatic N) is 1. The Morgan fingerprint density at radius 3 is 2.70 bits per heavy atom. The number of carbonyl (C=O) groups excluding carboxylic acids is 1. The monoisotopic (exact) mass is 293 g/mol. The number of methoxy groups -OCH3 is 1. The third-order valence-electron chi connectivity index (χ3n) is 3.08. The van der Waals surface area contributed by atoms with E-state index in [1.165, 1.54) is 13.3 Å². The number of pyridine rings is 1. The van der Waals surface area contributed by atoms with Crippen LogP contribution in [0.4, 0.5) is 0 Å². The van der Waals surface area contributed by atoms with Gasteiger partial charge in [0.1, 0.15) is 0 Å². The van der Waals surface area contributed by atoms with Gasteiger partial charge in [0, 0.05) is 24.1 Å². The Morgan fingerprint density at radius 1 is 1.30 bits per heavy atom. The van der Waals surface area contributed by atoms with Gasteiger partial charge < -0.3 is 14.2 Å². The third kappa shape index (κ3) is 2.14. The molecule has 0 amide bonds. The van der Waals surface area contributed by atoms with E-state index in [2.05, 4.69) is 9.72 Å². The smallest absolute Gasteiger partial charge is 0.340 e. The number of rotatable bonds is 1. The fraction of sp³-hybridized carbons (Fsp3) is 0.286. The first kappa shape index (κ1) is 13.0. The van der Waals surface area contributed by atoms with Crippen molar-refractivity contribution in [2.24, 2.45) is 0 Å². The maximum Gasteiger partial charge on any atom is 0.340 e. The average Bonchev–Trinajstić information content (AvgIpc) is 2.70. The molecule has 1 aliphatic rings. The van der Waals surface area contributed by atoms with Crippen LogP contribution in [-0.2, 0) is 4.74 Å². The number of carbonyl (C=O) groups is 1. The van der Waals surface area contributed by atoms with Crippen LogP contribution in [0.25, 0.3) is 10.9 Å². The maximum absolute atomic E-state index is 11.6. The Bertz CT molecular complexity index is 686. The molecule has 0 unspecified atom stereocenters. The summed E-state index contributed by atoms with van der Waals surface area (Å²) >= 11 is 6.26. The first-order valence-electron chi connectivity index (χ1n) is 6.17. The first-order valence-corrected chi connectivity index (χ1v) is 6.54. The highest BCUT2D eigenvalue weighted by Gasteiger charge is 2.18. The van der Waals surface area contributed by atoms with Gasteiger partial charge in [-0.2, -0.15) is 0 Å². The van der Waals surface area contributed by atoms with Crippen LogP contribution < -0.4 is 9.47 Å². The molecule has 5 nitrogen and oxygen atoms in total. The molecule has 0 aliphatic carbocycles. The summed E-state index contributed by atoms with van der Waals surface area (Å²) in [6.07, 6.45) is 2.22. The van der Waals surface area contributed by atoms with Crippen molar-refractivity contribution >= 4 is 28.5 Å². The number of halogens is 1. The van der Waals surface area contributed by atoms with E-state index in [-0.39, 0.29) is 5.56 Å². The van der Waals surface area contributed by atoms with Crippen LogP contribution in [-0.4, -0.2) is 31.3 Å². The van der Waals surface area contributed by atoms with Gasteiger partial charge in [-0.25, -0.2) is 4.79 Å². The highest BCUT2D eigenvalue weighted by atomic mass is 35.5. The normalized spacial score (nSPS) is 13.9. The molecule has 1 aromatic heterocycles. The van der Waals surface area contributed by atoms with Crippen LogP contribution in [0.2, 0.25) is 5.02 Å². The number of hydrogen-bond acceptors (Lipinski definition) is 5. The van der Waals surface area contributed by atoms with Gasteiger partial charge >= 0.3 is 5.97 Å². The quantitative estimate of drug-likeness (QED) is 0.757. The number of aromatic nitrogens is 1. The Kier molecular flexibility index (Phi) is 3.36. The zero-order chi connectivity index (χ0) is 14.1. The lowest BCUT2D eigenvalue weighted by atomic mass is 10.1. The Labute approximate surface area is 120 Å². The summed E-state index contributed by atoms with van der Waals surface area (Å²) < 4.78 is 15.9. The van der Waals surface area contributed by atoms with Gasteiger partial charge in [0.2, 0.25) is 0 Å². The van der Waals surface area contributed by atoms with Crippen LogP contribution in [0.1, 0.15) is 16.8 Å². The molecule has 0 bridgehead atoms. The van der Waals surface area contributed by atoms with E-state index in [9.17, 15) is 4.79 Å². The predicted molar refractivity (Wildman–Crippen MR) is 73.7 cm³/mol. The molecule has 2 heterocycles. The van der Waals surface area contributed by atoms with Crippen molar-refractivity contribution in [2.45, 2.75) is 6.42 Å². The molecule has 6 heteroatoms. The van der Waals surface area contributed by atoms with Crippen LogP contribution in [0.15, 0.2) is 18.3 Å². The molecular weight excluding hydrogens is 282 g/mol. The van der Waals surface area contributed by atoms with Crippen molar-refractivity contribution < 1.29 is 19.0 Å². The third-order valence-corrected chi connectivity index (χ3v) is 3.48. The minimum Gasteiger partial charge on any atom is -0.490 e. The lowest BCUT2D eigenvalue weighted by Gasteiger charge is -2.10. The SMILES string of the molecule is COC(=O)c1cnc2cc3c(cc2c1Cl)OCCCO3. The number of benzene rings is 1. The van der Waals surface area contributed by atoms with Gasteiger partial charge in [0.25, 0.3) is 0 Å². The molecule has 0 saturated heterocycles. The van der Waals surface area contributed by atoms with E-state index in [1.807, 2.05) is 0 Å². The summed E-state index contributed by atoms with van der Waals surface area (Å²) in [5.74, 6) is 0.738. The standard InChI is InChI=1S/C14H12ClNO4/c1-18-14(17)9-7-16-10-6-12-11(5-8(10)13(9)15)19-3-2-4-20-12/h5-7H,2-4H2,1H3. The van der Waals surface area contributed by atoms with Crippen molar-refractivity contribution in [3.8, 4) is 11.5 Å². The summed E-state index contributed by atoms with van der Waals surface area (Å²) in [5.41, 5.74) is 0.878. The molecule has 0 saturated carbocycles. The van der Waals surface area contributed by atoms with Gasteiger partial charge in [-0.3, -0.25) is 4.98 Å². The summed E-state index contributed by atoms with van der Waals surface area (Å²) in [5, 5.41) is 0.941. The van der Waals surface area contributed by atoms with E-state index in [4.69, 9.17) is 21.1 Å².